The van der Waals surface area contributed by atoms with E-state index in [1.807, 2.05) is 35.9 Å². The van der Waals surface area contributed by atoms with Crippen LogP contribution in [-0.2, 0) is 22.7 Å². The van der Waals surface area contributed by atoms with Gasteiger partial charge < -0.3 is 20.1 Å². The Morgan fingerprint density at radius 1 is 1.09 bits per heavy atom. The van der Waals surface area contributed by atoms with Crippen LogP contribution < -0.4 is 15.4 Å². The lowest BCUT2D eigenvalue weighted by molar-refractivity contribution is -0.156. The van der Waals surface area contributed by atoms with Gasteiger partial charge in [-0.1, -0.05) is 19.9 Å². The number of fused-ring (bicyclic) bond motifs is 4. The van der Waals surface area contributed by atoms with Crippen molar-refractivity contribution in [3.05, 3.63) is 71.7 Å². The average Bonchev–Trinajstić information content (AvgIpc) is 3.70. The fraction of sp³-hybridized carbons (Fsp3) is 0.419. The van der Waals surface area contributed by atoms with Crippen LogP contribution in [0.3, 0.4) is 0 Å². The van der Waals surface area contributed by atoms with Gasteiger partial charge in [-0.15, -0.1) is 0 Å². The number of nitrogens with one attached hydrogen (secondary N) is 2. The number of amides is 2. The van der Waals surface area contributed by atoms with Gasteiger partial charge >= 0.3 is 5.97 Å². The summed E-state index contributed by atoms with van der Waals surface area (Å²) in [4.78, 5) is 47.8. The van der Waals surface area contributed by atoms with Crippen molar-refractivity contribution in [2.45, 2.75) is 53.2 Å². The van der Waals surface area contributed by atoms with Crippen molar-refractivity contribution < 1.29 is 23.9 Å². The van der Waals surface area contributed by atoms with E-state index in [9.17, 15) is 14.4 Å². The molecule has 224 valence electrons. The van der Waals surface area contributed by atoms with Crippen LogP contribution in [0.2, 0.25) is 0 Å². The molecule has 1 aliphatic heterocycles. The van der Waals surface area contributed by atoms with Crippen molar-refractivity contribution in [2.24, 2.45) is 16.7 Å². The van der Waals surface area contributed by atoms with E-state index < -0.39 is 11.3 Å². The minimum absolute atomic E-state index is 0.113. The molecule has 1 saturated carbocycles. The lowest BCUT2D eigenvalue weighted by Gasteiger charge is -2.46. The van der Waals surface area contributed by atoms with Crippen LogP contribution in [0.4, 0.5) is 0 Å². The number of nitrogens with zero attached hydrogens (tertiary/aromatic N) is 5. The first-order valence-electron chi connectivity index (χ1n) is 14.4. The van der Waals surface area contributed by atoms with E-state index in [2.05, 4.69) is 39.5 Å². The standard InChI is InChI=1S/C31H35N7O5/c1-19-15-30(2,29(41)42-4)8-9-31(19,3)18-34-28(40)23-14-21(36-25-7-10-35-38(23)25)27(39)33-16-20-5-6-24-22(13-20)37-12-11-32-26(37)17-43-24/h5-7,10-14,19H,8-9,15-18H2,1-4H3,(H,33,39)(H,34,40). The minimum atomic E-state index is -0.526. The molecule has 43 heavy (non-hydrogen) atoms. The number of carbonyl (C=O) groups excluding carboxylic acids is 3. The Kier molecular flexibility index (Phi) is 7.15. The summed E-state index contributed by atoms with van der Waals surface area (Å²) >= 11 is 0. The van der Waals surface area contributed by atoms with Crippen molar-refractivity contribution in [3.63, 3.8) is 0 Å². The second-order valence-corrected chi connectivity index (χ2v) is 12.1. The molecule has 3 aromatic heterocycles. The second-order valence-electron chi connectivity index (χ2n) is 12.1. The maximum absolute atomic E-state index is 13.5. The fourth-order valence-electron chi connectivity index (χ4n) is 6.15. The van der Waals surface area contributed by atoms with Crippen molar-refractivity contribution in [3.8, 4) is 11.4 Å². The van der Waals surface area contributed by atoms with Crippen LogP contribution in [0, 0.1) is 16.7 Å². The van der Waals surface area contributed by atoms with Gasteiger partial charge in [0.1, 0.15) is 23.7 Å². The number of rotatable bonds is 7. The summed E-state index contributed by atoms with van der Waals surface area (Å²) in [5, 5.41) is 10.2. The van der Waals surface area contributed by atoms with Crippen molar-refractivity contribution >= 4 is 23.4 Å². The SMILES string of the molecule is COC(=O)C1(C)CCC(C)(CNC(=O)c2cc(C(=O)NCc3ccc4c(c3)-n3ccnc3CO4)nc3ccnn23)C(C)C1. The Bertz CT molecular complexity index is 1730. The third kappa shape index (κ3) is 5.21. The van der Waals surface area contributed by atoms with Crippen LogP contribution in [0.25, 0.3) is 11.3 Å². The number of esters is 1. The molecular formula is C31H35N7O5. The van der Waals surface area contributed by atoms with E-state index in [1.54, 1.807) is 18.5 Å². The average molecular weight is 586 g/mol. The number of methoxy groups -OCH3 is 1. The van der Waals surface area contributed by atoms with Crippen LogP contribution in [-0.4, -0.2) is 55.6 Å². The van der Waals surface area contributed by atoms with Gasteiger partial charge in [0, 0.05) is 37.6 Å². The van der Waals surface area contributed by atoms with Gasteiger partial charge in [0.15, 0.2) is 11.5 Å². The molecule has 0 radical (unpaired) electrons. The van der Waals surface area contributed by atoms with E-state index >= 15 is 0 Å². The fourth-order valence-corrected chi connectivity index (χ4v) is 6.15. The Morgan fingerprint density at radius 2 is 1.93 bits per heavy atom. The Labute approximate surface area is 248 Å². The molecule has 4 heterocycles. The molecule has 3 unspecified atom stereocenters. The summed E-state index contributed by atoms with van der Waals surface area (Å²) in [6.07, 6.45) is 7.27. The van der Waals surface area contributed by atoms with E-state index in [1.165, 1.54) is 17.7 Å². The van der Waals surface area contributed by atoms with Gasteiger partial charge in [0.05, 0.1) is 24.4 Å². The van der Waals surface area contributed by atoms with Gasteiger partial charge in [0.2, 0.25) is 0 Å². The Balaban J connectivity index is 1.15. The predicted molar refractivity (Wildman–Crippen MR) is 156 cm³/mol. The largest absolute Gasteiger partial charge is 0.483 e. The molecule has 2 amide bonds. The van der Waals surface area contributed by atoms with Crippen LogP contribution in [0.1, 0.15) is 72.4 Å². The summed E-state index contributed by atoms with van der Waals surface area (Å²) < 4.78 is 14.2. The lowest BCUT2D eigenvalue weighted by Crippen LogP contribution is -2.47. The van der Waals surface area contributed by atoms with Crippen molar-refractivity contribution in [1.82, 2.24) is 34.8 Å². The minimum Gasteiger partial charge on any atom is -0.483 e. The smallest absolute Gasteiger partial charge is 0.311 e. The second kappa shape index (κ2) is 10.8. The summed E-state index contributed by atoms with van der Waals surface area (Å²) in [7, 11) is 1.42. The summed E-state index contributed by atoms with van der Waals surface area (Å²) in [5.41, 5.74) is 1.71. The van der Waals surface area contributed by atoms with Gasteiger partial charge in [-0.05, 0) is 55.2 Å². The normalized spacial score (nSPS) is 22.7. The Morgan fingerprint density at radius 3 is 2.72 bits per heavy atom. The third-order valence-corrected chi connectivity index (χ3v) is 9.16. The molecule has 0 saturated heterocycles. The number of carbonyl (C=O) groups is 3. The van der Waals surface area contributed by atoms with Crippen LogP contribution in [0.5, 0.6) is 5.75 Å². The predicted octanol–water partition coefficient (Wildman–Crippen LogP) is 3.47. The molecule has 1 aliphatic carbocycles. The van der Waals surface area contributed by atoms with Gasteiger partial charge in [-0.3, -0.25) is 19.0 Å². The molecule has 0 spiro atoms. The highest BCUT2D eigenvalue weighted by atomic mass is 16.5. The van der Waals surface area contributed by atoms with Crippen LogP contribution in [0.15, 0.2) is 48.9 Å². The van der Waals surface area contributed by atoms with Gasteiger partial charge in [-0.25, -0.2) is 14.5 Å². The number of hydrogen-bond donors (Lipinski definition) is 2. The molecule has 6 rings (SSSR count). The molecule has 12 nitrogen and oxygen atoms in total. The van der Waals surface area contributed by atoms with Crippen molar-refractivity contribution in [1.29, 1.82) is 0 Å². The van der Waals surface area contributed by atoms with Gasteiger partial charge in [-0.2, -0.15) is 5.10 Å². The number of ether oxygens (including phenoxy) is 2. The molecule has 2 aliphatic rings. The maximum atomic E-state index is 13.5. The first kappa shape index (κ1) is 28.4. The Hall–Kier alpha value is -4.74. The zero-order valence-electron chi connectivity index (χ0n) is 24.7. The number of hydrogen-bond acceptors (Lipinski definition) is 8. The van der Waals surface area contributed by atoms with Gasteiger partial charge in [0.25, 0.3) is 11.8 Å². The number of imidazole rings is 1. The molecule has 1 fully saturated rings. The van der Waals surface area contributed by atoms with E-state index in [0.717, 1.165) is 29.2 Å². The molecule has 2 N–H and O–H groups in total. The zero-order valence-corrected chi connectivity index (χ0v) is 24.7. The molecule has 1 aromatic carbocycles. The number of aromatic nitrogens is 5. The number of benzene rings is 1. The van der Waals surface area contributed by atoms with Crippen LogP contribution >= 0.6 is 0 Å². The quantitative estimate of drug-likeness (QED) is 0.314. The third-order valence-electron chi connectivity index (χ3n) is 9.16. The monoisotopic (exact) mass is 585 g/mol. The molecule has 0 bridgehead atoms. The highest BCUT2D eigenvalue weighted by Gasteiger charge is 2.47. The summed E-state index contributed by atoms with van der Waals surface area (Å²) in [6, 6.07) is 8.84. The van der Waals surface area contributed by atoms with E-state index in [-0.39, 0.29) is 41.1 Å². The highest BCUT2D eigenvalue weighted by molar-refractivity contribution is 5.98. The molecule has 3 atom stereocenters. The molecule has 4 aromatic rings. The summed E-state index contributed by atoms with van der Waals surface area (Å²) in [6.45, 7) is 7.26. The van der Waals surface area contributed by atoms with E-state index in [0.29, 0.717) is 31.6 Å². The molecular weight excluding hydrogens is 550 g/mol. The summed E-state index contributed by atoms with van der Waals surface area (Å²) in [5.74, 6) is 0.768. The molecule has 12 heteroatoms. The first-order valence-corrected chi connectivity index (χ1v) is 14.4. The maximum Gasteiger partial charge on any atom is 0.311 e. The highest BCUT2D eigenvalue weighted by Crippen LogP contribution is 2.49. The first-order chi connectivity index (χ1) is 20.6. The van der Waals surface area contributed by atoms with Crippen molar-refractivity contribution in [2.75, 3.05) is 13.7 Å². The lowest BCUT2D eigenvalue weighted by atomic mass is 9.59. The zero-order chi connectivity index (χ0) is 30.4. The topological polar surface area (TPSA) is 142 Å². The van der Waals surface area contributed by atoms with E-state index in [4.69, 9.17) is 9.47 Å².